The van der Waals surface area contributed by atoms with Crippen molar-refractivity contribution in [1.82, 2.24) is 4.90 Å². The van der Waals surface area contributed by atoms with Gasteiger partial charge in [-0.15, -0.1) is 0 Å². The number of hydrogen-bond acceptors (Lipinski definition) is 4. The SMILES string of the molecule is CC(=C1SC(=O)N(CC(=O)O)C1=O)c1ccccc1. The second-order valence-corrected chi connectivity index (χ2v) is 4.93. The topological polar surface area (TPSA) is 74.7 Å². The molecule has 1 aliphatic rings. The van der Waals surface area contributed by atoms with Crippen molar-refractivity contribution in [2.45, 2.75) is 6.92 Å². The second-order valence-electron chi connectivity index (χ2n) is 3.97. The van der Waals surface area contributed by atoms with Gasteiger partial charge in [-0.1, -0.05) is 30.3 Å². The average Bonchev–Trinajstić information content (AvgIpc) is 2.66. The zero-order chi connectivity index (χ0) is 14.0. The van der Waals surface area contributed by atoms with Gasteiger partial charge < -0.3 is 5.11 Å². The Balaban J connectivity index is 2.35. The largest absolute Gasteiger partial charge is 0.480 e. The summed E-state index contributed by atoms with van der Waals surface area (Å²) < 4.78 is 0. The molecule has 1 heterocycles. The van der Waals surface area contributed by atoms with Crippen LogP contribution in [0.5, 0.6) is 0 Å². The molecule has 1 N–H and O–H groups in total. The van der Waals surface area contributed by atoms with Crippen LogP contribution in [-0.2, 0) is 9.59 Å². The van der Waals surface area contributed by atoms with Crippen LogP contribution < -0.4 is 0 Å². The number of aliphatic carboxylic acids is 1. The Hall–Kier alpha value is -2.08. The molecule has 5 nitrogen and oxygen atoms in total. The summed E-state index contributed by atoms with van der Waals surface area (Å²) in [5, 5.41) is 8.14. The number of carbonyl (C=O) groups excluding carboxylic acids is 2. The third kappa shape index (κ3) is 2.68. The minimum Gasteiger partial charge on any atom is -0.480 e. The third-order valence-electron chi connectivity index (χ3n) is 2.69. The van der Waals surface area contributed by atoms with E-state index in [0.29, 0.717) is 5.57 Å². The van der Waals surface area contributed by atoms with Gasteiger partial charge in [0.1, 0.15) is 6.54 Å². The maximum atomic E-state index is 12.0. The minimum absolute atomic E-state index is 0.289. The molecular weight excluding hydrogens is 266 g/mol. The highest BCUT2D eigenvalue weighted by molar-refractivity contribution is 8.18. The molecule has 0 saturated carbocycles. The molecule has 1 aromatic rings. The lowest BCUT2D eigenvalue weighted by Gasteiger charge is -2.08. The first kappa shape index (κ1) is 13.4. The molecule has 0 bridgehead atoms. The molecule has 2 rings (SSSR count). The Labute approximate surface area is 113 Å². The molecule has 0 unspecified atom stereocenters. The van der Waals surface area contributed by atoms with E-state index in [0.717, 1.165) is 22.2 Å². The van der Waals surface area contributed by atoms with Crippen LogP contribution in [0, 0.1) is 0 Å². The second kappa shape index (κ2) is 5.27. The van der Waals surface area contributed by atoms with Crippen molar-refractivity contribution in [1.29, 1.82) is 0 Å². The molecular formula is C13H11NO4S. The van der Waals surface area contributed by atoms with Crippen molar-refractivity contribution in [3.63, 3.8) is 0 Å². The van der Waals surface area contributed by atoms with Gasteiger partial charge in [0.05, 0.1) is 4.91 Å². The van der Waals surface area contributed by atoms with Crippen LogP contribution in [0.4, 0.5) is 4.79 Å². The van der Waals surface area contributed by atoms with Gasteiger partial charge >= 0.3 is 5.97 Å². The highest BCUT2D eigenvalue weighted by atomic mass is 32.2. The lowest BCUT2D eigenvalue weighted by atomic mass is 10.1. The number of amides is 2. The first-order chi connectivity index (χ1) is 9.00. The van der Waals surface area contributed by atoms with E-state index in [4.69, 9.17) is 5.11 Å². The van der Waals surface area contributed by atoms with E-state index in [1.54, 1.807) is 6.92 Å². The molecule has 1 aliphatic heterocycles. The molecule has 1 aromatic carbocycles. The third-order valence-corrected chi connectivity index (χ3v) is 3.77. The van der Waals surface area contributed by atoms with Crippen LogP contribution in [0.2, 0.25) is 0 Å². The monoisotopic (exact) mass is 277 g/mol. The van der Waals surface area contributed by atoms with Crippen LogP contribution in [0.1, 0.15) is 12.5 Å². The number of carbonyl (C=O) groups is 3. The number of thioether (sulfide) groups is 1. The van der Waals surface area contributed by atoms with Crippen molar-refractivity contribution in [3.8, 4) is 0 Å². The Bertz CT molecular complexity index is 580. The van der Waals surface area contributed by atoms with Gasteiger partial charge in [-0.2, -0.15) is 0 Å². The summed E-state index contributed by atoms with van der Waals surface area (Å²) in [6, 6.07) is 9.19. The van der Waals surface area contributed by atoms with Gasteiger partial charge in [-0.05, 0) is 29.8 Å². The molecule has 0 aliphatic carbocycles. The van der Waals surface area contributed by atoms with Crippen molar-refractivity contribution < 1.29 is 19.5 Å². The standard InChI is InChI=1S/C13H11NO4S/c1-8(9-5-3-2-4-6-9)11-12(17)14(7-10(15)16)13(18)19-11/h2-6H,7H2,1H3,(H,15,16). The van der Waals surface area contributed by atoms with Crippen LogP contribution in [0.3, 0.4) is 0 Å². The summed E-state index contributed by atoms with van der Waals surface area (Å²) in [7, 11) is 0. The van der Waals surface area contributed by atoms with Crippen LogP contribution in [-0.4, -0.2) is 33.7 Å². The number of hydrogen-bond donors (Lipinski definition) is 1. The molecule has 98 valence electrons. The predicted molar refractivity (Wildman–Crippen MR) is 71.4 cm³/mol. The Morgan fingerprint density at radius 3 is 2.47 bits per heavy atom. The van der Waals surface area contributed by atoms with Gasteiger partial charge in [0.15, 0.2) is 0 Å². The van der Waals surface area contributed by atoms with Crippen molar-refractivity contribution in [3.05, 3.63) is 40.8 Å². The predicted octanol–water partition coefficient (Wildman–Crippen LogP) is 2.20. The Morgan fingerprint density at radius 2 is 1.89 bits per heavy atom. The summed E-state index contributed by atoms with van der Waals surface area (Å²) >= 11 is 0.780. The number of rotatable bonds is 3. The van der Waals surface area contributed by atoms with Gasteiger partial charge in [-0.3, -0.25) is 19.3 Å². The van der Waals surface area contributed by atoms with E-state index in [1.165, 1.54) is 0 Å². The summed E-state index contributed by atoms with van der Waals surface area (Å²) in [6.07, 6.45) is 0. The van der Waals surface area contributed by atoms with E-state index in [2.05, 4.69) is 0 Å². The average molecular weight is 277 g/mol. The fraction of sp³-hybridized carbons (Fsp3) is 0.154. The van der Waals surface area contributed by atoms with Crippen molar-refractivity contribution in [2.75, 3.05) is 6.54 Å². The molecule has 19 heavy (non-hydrogen) atoms. The molecule has 2 amide bonds. The van der Waals surface area contributed by atoms with Crippen LogP contribution >= 0.6 is 11.8 Å². The van der Waals surface area contributed by atoms with Gasteiger partial charge in [0, 0.05) is 0 Å². The first-order valence-electron chi connectivity index (χ1n) is 5.52. The Kier molecular flexibility index (Phi) is 3.71. The van der Waals surface area contributed by atoms with Crippen molar-refractivity contribution in [2.24, 2.45) is 0 Å². The number of allylic oxidation sites excluding steroid dienone is 1. The molecule has 1 fully saturated rings. The molecule has 0 aromatic heterocycles. The first-order valence-corrected chi connectivity index (χ1v) is 6.34. The quantitative estimate of drug-likeness (QED) is 0.857. The maximum absolute atomic E-state index is 12.0. The fourth-order valence-corrected chi connectivity index (χ4v) is 2.62. The van der Waals surface area contributed by atoms with E-state index < -0.39 is 23.7 Å². The molecule has 0 radical (unpaired) electrons. The van der Waals surface area contributed by atoms with Crippen LogP contribution in [0.25, 0.3) is 5.57 Å². The smallest absolute Gasteiger partial charge is 0.323 e. The zero-order valence-corrected chi connectivity index (χ0v) is 10.9. The molecule has 0 atom stereocenters. The van der Waals surface area contributed by atoms with Gasteiger partial charge in [0.25, 0.3) is 11.1 Å². The van der Waals surface area contributed by atoms with E-state index >= 15 is 0 Å². The highest BCUT2D eigenvalue weighted by Crippen LogP contribution is 2.35. The number of imide groups is 1. The minimum atomic E-state index is -1.21. The highest BCUT2D eigenvalue weighted by Gasteiger charge is 2.37. The van der Waals surface area contributed by atoms with E-state index in [9.17, 15) is 14.4 Å². The maximum Gasteiger partial charge on any atom is 0.323 e. The molecule has 6 heteroatoms. The lowest BCUT2D eigenvalue weighted by molar-refractivity contribution is -0.140. The molecule has 0 spiro atoms. The fourth-order valence-electron chi connectivity index (χ4n) is 1.72. The van der Waals surface area contributed by atoms with Crippen LogP contribution in [0.15, 0.2) is 35.2 Å². The van der Waals surface area contributed by atoms with E-state index in [-0.39, 0.29) is 4.91 Å². The summed E-state index contributed by atoms with van der Waals surface area (Å²) in [6.45, 7) is 1.14. The summed E-state index contributed by atoms with van der Waals surface area (Å²) in [5.41, 5.74) is 1.51. The number of carboxylic acids is 1. The van der Waals surface area contributed by atoms with Gasteiger partial charge in [-0.25, -0.2) is 0 Å². The molecule has 1 saturated heterocycles. The number of carboxylic acid groups (broad SMARTS) is 1. The Morgan fingerprint density at radius 1 is 1.26 bits per heavy atom. The number of benzene rings is 1. The summed E-state index contributed by atoms with van der Waals surface area (Å²) in [4.78, 5) is 35.3. The zero-order valence-electron chi connectivity index (χ0n) is 10.1. The van der Waals surface area contributed by atoms with E-state index in [1.807, 2.05) is 30.3 Å². The summed E-state index contributed by atoms with van der Waals surface area (Å²) in [5.74, 6) is -1.75. The number of nitrogens with zero attached hydrogens (tertiary/aromatic N) is 1. The van der Waals surface area contributed by atoms with Gasteiger partial charge in [0.2, 0.25) is 0 Å². The normalized spacial score (nSPS) is 17.8. The van der Waals surface area contributed by atoms with Crippen molar-refractivity contribution >= 4 is 34.5 Å². The lowest BCUT2D eigenvalue weighted by Crippen LogP contribution is -2.33.